The quantitative estimate of drug-likeness (QED) is 0.178. The van der Waals surface area contributed by atoms with E-state index >= 15 is 4.39 Å². The molecule has 4 aromatic rings. The molecule has 0 bridgehead atoms. The van der Waals surface area contributed by atoms with Gasteiger partial charge in [-0.2, -0.15) is 0 Å². The second-order valence-electron chi connectivity index (χ2n) is 9.68. The van der Waals surface area contributed by atoms with Crippen LogP contribution in [-0.4, -0.2) is 36.0 Å². The van der Waals surface area contributed by atoms with E-state index in [9.17, 15) is 18.8 Å². The molecule has 0 unspecified atom stereocenters. The molecule has 0 saturated carbocycles. The fourth-order valence-electron chi connectivity index (χ4n) is 4.36. The third kappa shape index (κ3) is 6.28. The monoisotopic (exact) mass is 604 g/mol. The summed E-state index contributed by atoms with van der Waals surface area (Å²) >= 11 is 0. The number of amides is 1. The zero-order chi connectivity index (χ0) is 32.1. The average molecular weight is 605 g/mol. The number of nitrogens with one attached hydrogen (secondary N) is 1. The zero-order valence-corrected chi connectivity index (χ0v) is 24.7. The molecule has 228 valence electrons. The van der Waals surface area contributed by atoms with Crippen molar-refractivity contribution in [2.75, 3.05) is 19.5 Å². The van der Waals surface area contributed by atoms with Crippen molar-refractivity contribution in [3.63, 3.8) is 0 Å². The van der Waals surface area contributed by atoms with Crippen LogP contribution >= 0.6 is 0 Å². The molecule has 3 aromatic carbocycles. The molecule has 0 saturated heterocycles. The SMILES string of the molecule is C=Nc1cc(OC)c(OC)cc1/C(=C\C)Oc1ccc(NC(=O)c2cn(C(C)C)c(=O)n(-c3ccc(F)cc3)c2=O)cc1F. The number of aromatic nitrogens is 2. The number of hydrogen-bond donors (Lipinski definition) is 1. The predicted octanol–water partition coefficient (Wildman–Crippen LogP) is 5.90. The Morgan fingerprint density at radius 3 is 2.18 bits per heavy atom. The highest BCUT2D eigenvalue weighted by atomic mass is 19.1. The van der Waals surface area contributed by atoms with Gasteiger partial charge in [-0.1, -0.05) is 0 Å². The highest BCUT2D eigenvalue weighted by Gasteiger charge is 2.21. The molecule has 1 aromatic heterocycles. The number of benzene rings is 3. The predicted molar refractivity (Wildman–Crippen MR) is 164 cm³/mol. The third-order valence-electron chi connectivity index (χ3n) is 6.61. The minimum Gasteiger partial charge on any atom is -0.493 e. The van der Waals surface area contributed by atoms with Crippen LogP contribution < -0.4 is 30.8 Å². The van der Waals surface area contributed by atoms with Gasteiger partial charge in [0, 0.05) is 35.6 Å². The maximum absolute atomic E-state index is 15.3. The molecule has 44 heavy (non-hydrogen) atoms. The first kappa shape index (κ1) is 31.4. The van der Waals surface area contributed by atoms with Crippen LogP contribution in [0.1, 0.15) is 42.7 Å². The number of ether oxygens (including phenoxy) is 3. The van der Waals surface area contributed by atoms with E-state index in [0.29, 0.717) is 22.7 Å². The minimum absolute atomic E-state index is 0.0245. The number of carbonyl (C=O) groups is 1. The van der Waals surface area contributed by atoms with Gasteiger partial charge in [-0.05, 0) is 76.0 Å². The molecule has 0 aliphatic carbocycles. The normalized spacial score (nSPS) is 11.3. The first-order valence-corrected chi connectivity index (χ1v) is 13.3. The van der Waals surface area contributed by atoms with Gasteiger partial charge in [0.05, 0.1) is 25.6 Å². The van der Waals surface area contributed by atoms with Crippen LogP contribution in [0.25, 0.3) is 11.4 Å². The number of aliphatic imine (C=N–C) groups is 1. The van der Waals surface area contributed by atoms with Gasteiger partial charge in [-0.25, -0.2) is 18.1 Å². The molecule has 0 aliphatic rings. The van der Waals surface area contributed by atoms with Crippen LogP contribution in [0, 0.1) is 11.6 Å². The number of rotatable bonds is 10. The lowest BCUT2D eigenvalue weighted by Crippen LogP contribution is -2.42. The summed E-state index contributed by atoms with van der Waals surface area (Å²) in [6.45, 7) is 8.67. The molecule has 12 heteroatoms. The third-order valence-corrected chi connectivity index (χ3v) is 6.61. The number of carbonyl (C=O) groups excluding carboxylic acids is 1. The Morgan fingerprint density at radius 2 is 1.61 bits per heavy atom. The Morgan fingerprint density at radius 1 is 0.955 bits per heavy atom. The van der Waals surface area contributed by atoms with Crippen LogP contribution in [0.4, 0.5) is 20.2 Å². The summed E-state index contributed by atoms with van der Waals surface area (Å²) in [5.41, 5.74) is -1.01. The van der Waals surface area contributed by atoms with E-state index in [0.717, 1.165) is 29.0 Å². The van der Waals surface area contributed by atoms with Gasteiger partial charge in [0.25, 0.3) is 11.5 Å². The molecule has 10 nitrogen and oxygen atoms in total. The van der Waals surface area contributed by atoms with Crippen LogP contribution in [0.2, 0.25) is 0 Å². The van der Waals surface area contributed by atoms with Gasteiger partial charge >= 0.3 is 5.69 Å². The van der Waals surface area contributed by atoms with Gasteiger partial charge in [0.1, 0.15) is 17.1 Å². The molecule has 0 fully saturated rings. The van der Waals surface area contributed by atoms with Crippen LogP contribution in [0.5, 0.6) is 17.2 Å². The van der Waals surface area contributed by atoms with Crippen LogP contribution in [0.3, 0.4) is 0 Å². The van der Waals surface area contributed by atoms with E-state index in [2.05, 4.69) is 17.0 Å². The number of halogens is 2. The van der Waals surface area contributed by atoms with Crippen molar-refractivity contribution in [1.82, 2.24) is 9.13 Å². The van der Waals surface area contributed by atoms with Gasteiger partial charge in [0.2, 0.25) is 0 Å². The van der Waals surface area contributed by atoms with E-state index in [1.54, 1.807) is 39.0 Å². The minimum atomic E-state index is -0.921. The summed E-state index contributed by atoms with van der Waals surface area (Å²) in [5.74, 6) is -1.33. The zero-order valence-electron chi connectivity index (χ0n) is 24.7. The maximum Gasteiger partial charge on any atom is 0.335 e. The second kappa shape index (κ2) is 13.2. The molecular weight excluding hydrogens is 574 g/mol. The Kier molecular flexibility index (Phi) is 9.42. The van der Waals surface area contributed by atoms with E-state index < -0.39 is 34.8 Å². The summed E-state index contributed by atoms with van der Waals surface area (Å²) in [7, 11) is 2.95. The lowest BCUT2D eigenvalue weighted by molar-refractivity contribution is 0.102. The summed E-state index contributed by atoms with van der Waals surface area (Å²) in [4.78, 5) is 43.6. The van der Waals surface area contributed by atoms with Crippen molar-refractivity contribution in [3.05, 3.63) is 110 Å². The Balaban J connectivity index is 1.65. The van der Waals surface area contributed by atoms with E-state index in [1.807, 2.05) is 0 Å². The van der Waals surface area contributed by atoms with Gasteiger partial charge in [0.15, 0.2) is 23.1 Å². The highest BCUT2D eigenvalue weighted by Crippen LogP contribution is 2.39. The van der Waals surface area contributed by atoms with E-state index in [-0.39, 0.29) is 28.4 Å². The molecule has 1 N–H and O–H groups in total. The molecule has 0 radical (unpaired) electrons. The van der Waals surface area contributed by atoms with Crippen LogP contribution in [-0.2, 0) is 0 Å². The molecule has 1 heterocycles. The fraction of sp³-hybridized carbons (Fsp3) is 0.188. The lowest BCUT2D eigenvalue weighted by Gasteiger charge is -2.17. The van der Waals surface area contributed by atoms with Crippen molar-refractivity contribution < 1.29 is 27.8 Å². The molecule has 0 aliphatic heterocycles. The molecule has 0 spiro atoms. The highest BCUT2D eigenvalue weighted by molar-refractivity contribution is 6.03. The summed E-state index contributed by atoms with van der Waals surface area (Å²) in [5, 5.41) is 2.49. The Bertz CT molecular complexity index is 1880. The van der Waals surface area contributed by atoms with Crippen molar-refractivity contribution in [1.29, 1.82) is 0 Å². The number of methoxy groups -OCH3 is 2. The topological polar surface area (TPSA) is 113 Å². The fourth-order valence-corrected chi connectivity index (χ4v) is 4.36. The largest absolute Gasteiger partial charge is 0.493 e. The average Bonchev–Trinajstić information content (AvgIpc) is 3.00. The number of hydrogen-bond acceptors (Lipinski definition) is 7. The smallest absolute Gasteiger partial charge is 0.335 e. The van der Waals surface area contributed by atoms with Gasteiger partial charge in [-0.15, -0.1) is 0 Å². The standard InChI is InChI=1S/C32H30F2N4O6/c1-7-26(22-15-28(42-5)29(43-6)16-25(22)35-4)44-27-13-10-20(14-24(27)34)36-30(39)23-17-37(18(2)3)32(41)38(31(23)40)21-11-8-19(33)9-12-21/h7-18H,4H2,1-3,5-6H3,(H,36,39)/b26-7+. The van der Waals surface area contributed by atoms with Crippen molar-refractivity contribution >= 4 is 29.8 Å². The molecular formula is C32H30F2N4O6. The maximum atomic E-state index is 15.3. The first-order valence-electron chi connectivity index (χ1n) is 13.3. The van der Waals surface area contributed by atoms with Crippen molar-refractivity contribution in [3.8, 4) is 22.9 Å². The molecule has 4 rings (SSSR count). The molecule has 1 amide bonds. The summed E-state index contributed by atoms with van der Waals surface area (Å²) in [6, 6.07) is 11.2. The van der Waals surface area contributed by atoms with Gasteiger partial charge in [-0.3, -0.25) is 19.1 Å². The lowest BCUT2D eigenvalue weighted by atomic mass is 10.1. The van der Waals surface area contributed by atoms with E-state index in [1.165, 1.54) is 43.1 Å². The second-order valence-corrected chi connectivity index (χ2v) is 9.68. The first-order chi connectivity index (χ1) is 21.0. The van der Waals surface area contributed by atoms with Crippen molar-refractivity contribution in [2.45, 2.75) is 26.8 Å². The Labute approximate surface area is 251 Å². The van der Waals surface area contributed by atoms with Gasteiger partial charge < -0.3 is 19.5 Å². The number of anilines is 1. The number of allylic oxidation sites excluding steroid dienone is 1. The Hall–Kier alpha value is -5.52. The van der Waals surface area contributed by atoms with Crippen LogP contribution in [0.15, 0.2) is 81.5 Å². The van der Waals surface area contributed by atoms with Crippen molar-refractivity contribution in [2.24, 2.45) is 4.99 Å². The van der Waals surface area contributed by atoms with E-state index in [4.69, 9.17) is 14.2 Å². The summed E-state index contributed by atoms with van der Waals surface area (Å²) in [6.07, 6.45) is 2.76. The number of nitrogens with zero attached hydrogens (tertiary/aromatic N) is 3. The molecule has 0 atom stereocenters. The summed E-state index contributed by atoms with van der Waals surface area (Å²) < 4.78 is 47.3.